The minimum absolute atomic E-state index is 0.0230. The number of hydrogen-bond donors (Lipinski definition) is 1. The summed E-state index contributed by atoms with van der Waals surface area (Å²) in [5.74, 6) is 0.231. The van der Waals surface area contributed by atoms with E-state index in [-0.39, 0.29) is 18.4 Å². The molecule has 33 heavy (non-hydrogen) atoms. The number of carbonyl (C=O) groups excluding carboxylic acids is 2. The van der Waals surface area contributed by atoms with Crippen LogP contribution in [0.25, 0.3) is 11.1 Å². The third-order valence-electron chi connectivity index (χ3n) is 5.81. The predicted octanol–water partition coefficient (Wildman–Crippen LogP) is 3.59. The lowest BCUT2D eigenvalue weighted by atomic mass is 10.1. The first-order valence-electron chi connectivity index (χ1n) is 11.3. The van der Waals surface area contributed by atoms with Crippen molar-refractivity contribution in [2.45, 2.75) is 13.0 Å². The Labute approximate surface area is 194 Å². The van der Waals surface area contributed by atoms with E-state index in [2.05, 4.69) is 22.3 Å². The molecule has 0 radical (unpaired) electrons. The first-order valence-corrected chi connectivity index (χ1v) is 11.3. The predicted molar refractivity (Wildman–Crippen MR) is 130 cm³/mol. The molecule has 6 nitrogen and oxygen atoms in total. The van der Waals surface area contributed by atoms with Crippen LogP contribution in [0, 0.1) is 0 Å². The van der Waals surface area contributed by atoms with Crippen LogP contribution in [0.4, 0.5) is 5.69 Å². The van der Waals surface area contributed by atoms with E-state index in [1.807, 2.05) is 72.8 Å². The summed E-state index contributed by atoms with van der Waals surface area (Å²) in [7, 11) is 0. The van der Waals surface area contributed by atoms with Crippen LogP contribution in [-0.2, 0) is 9.59 Å². The second-order valence-corrected chi connectivity index (χ2v) is 8.07. The quantitative estimate of drug-likeness (QED) is 0.606. The van der Waals surface area contributed by atoms with Crippen molar-refractivity contribution >= 4 is 17.5 Å². The van der Waals surface area contributed by atoms with Crippen LogP contribution in [0.3, 0.4) is 0 Å². The number of nitrogens with one attached hydrogen (secondary N) is 1. The number of carbonyl (C=O) groups is 2. The van der Waals surface area contributed by atoms with E-state index >= 15 is 0 Å². The number of para-hydroxylation sites is 1. The first kappa shape index (κ1) is 22.4. The van der Waals surface area contributed by atoms with Crippen LogP contribution in [0.15, 0.2) is 84.9 Å². The van der Waals surface area contributed by atoms with Gasteiger partial charge in [-0.25, -0.2) is 0 Å². The minimum atomic E-state index is -0.699. The van der Waals surface area contributed by atoms with Gasteiger partial charge in [0.25, 0.3) is 5.91 Å². The molecule has 170 valence electrons. The topological polar surface area (TPSA) is 61.9 Å². The molecule has 3 aromatic carbocycles. The van der Waals surface area contributed by atoms with E-state index in [1.165, 1.54) is 5.69 Å². The summed E-state index contributed by atoms with van der Waals surface area (Å²) in [5, 5.41) is 2.71. The fraction of sp³-hybridized carbons (Fsp3) is 0.259. The number of piperazine rings is 1. The highest BCUT2D eigenvalue weighted by Gasteiger charge is 2.22. The number of amides is 2. The molecular weight excluding hydrogens is 414 g/mol. The maximum atomic E-state index is 12.6. The van der Waals surface area contributed by atoms with Gasteiger partial charge in [0.15, 0.2) is 6.10 Å². The fourth-order valence-corrected chi connectivity index (χ4v) is 3.89. The Morgan fingerprint density at radius 2 is 1.39 bits per heavy atom. The Morgan fingerprint density at radius 3 is 2.03 bits per heavy atom. The second kappa shape index (κ2) is 10.7. The van der Waals surface area contributed by atoms with E-state index in [9.17, 15) is 9.59 Å². The third kappa shape index (κ3) is 5.92. The molecule has 6 heteroatoms. The van der Waals surface area contributed by atoms with Crippen LogP contribution >= 0.6 is 0 Å². The molecule has 1 unspecified atom stereocenters. The average Bonchev–Trinajstić information content (AvgIpc) is 2.88. The van der Waals surface area contributed by atoms with Crippen molar-refractivity contribution in [2.75, 3.05) is 37.6 Å². The Kier molecular flexibility index (Phi) is 7.25. The van der Waals surface area contributed by atoms with Gasteiger partial charge < -0.3 is 19.9 Å². The van der Waals surface area contributed by atoms with Gasteiger partial charge >= 0.3 is 0 Å². The summed E-state index contributed by atoms with van der Waals surface area (Å²) in [6.45, 7) is 4.51. The molecule has 4 rings (SSSR count). The molecule has 1 heterocycles. The Hall–Kier alpha value is -3.80. The van der Waals surface area contributed by atoms with E-state index in [4.69, 9.17) is 4.74 Å². The van der Waals surface area contributed by atoms with Crippen molar-refractivity contribution in [3.63, 3.8) is 0 Å². The van der Waals surface area contributed by atoms with E-state index in [1.54, 1.807) is 11.8 Å². The molecule has 1 aliphatic rings. The lowest BCUT2D eigenvalue weighted by Gasteiger charge is -2.36. The largest absolute Gasteiger partial charge is 0.481 e. The lowest BCUT2D eigenvalue weighted by Crippen LogP contribution is -2.52. The first-order chi connectivity index (χ1) is 16.1. The Morgan fingerprint density at radius 1 is 0.818 bits per heavy atom. The summed E-state index contributed by atoms with van der Waals surface area (Å²) < 4.78 is 5.76. The summed E-state index contributed by atoms with van der Waals surface area (Å²) in [4.78, 5) is 29.1. The summed E-state index contributed by atoms with van der Waals surface area (Å²) in [6, 6.07) is 27.9. The Bertz CT molecular complexity index is 1050. The molecular formula is C27H29N3O3. The second-order valence-electron chi connectivity index (χ2n) is 8.07. The van der Waals surface area contributed by atoms with Crippen LogP contribution < -0.4 is 15.0 Å². The molecule has 1 saturated heterocycles. The van der Waals surface area contributed by atoms with Gasteiger partial charge in [-0.1, -0.05) is 60.7 Å². The van der Waals surface area contributed by atoms with Crippen molar-refractivity contribution in [3.05, 3.63) is 84.9 Å². The van der Waals surface area contributed by atoms with Gasteiger partial charge in [0.2, 0.25) is 5.91 Å². The van der Waals surface area contributed by atoms with Gasteiger partial charge in [0.05, 0.1) is 6.54 Å². The van der Waals surface area contributed by atoms with Crippen LogP contribution in [0.2, 0.25) is 0 Å². The number of hydrogen-bond acceptors (Lipinski definition) is 4. The molecule has 0 bridgehead atoms. The van der Waals surface area contributed by atoms with Crippen LogP contribution in [0.5, 0.6) is 5.75 Å². The van der Waals surface area contributed by atoms with Gasteiger partial charge in [0.1, 0.15) is 5.75 Å². The van der Waals surface area contributed by atoms with E-state index < -0.39 is 6.10 Å². The van der Waals surface area contributed by atoms with Crippen molar-refractivity contribution in [2.24, 2.45) is 0 Å². The highest BCUT2D eigenvalue weighted by atomic mass is 16.5. The Balaban J connectivity index is 1.21. The van der Waals surface area contributed by atoms with Crippen molar-refractivity contribution in [1.82, 2.24) is 10.2 Å². The molecule has 1 fully saturated rings. The standard InChI is InChI=1S/C27H29N3O3/c1-21(33-25-14-12-23(13-15-25)22-8-4-2-5-9-22)27(32)28-20-26(31)30-18-16-29(17-19-30)24-10-6-3-7-11-24/h2-15,21H,16-20H2,1H3,(H,28,32). The van der Waals surface area contributed by atoms with Crippen LogP contribution in [0.1, 0.15) is 6.92 Å². The highest BCUT2D eigenvalue weighted by Crippen LogP contribution is 2.22. The molecule has 3 aromatic rings. The fourth-order valence-electron chi connectivity index (χ4n) is 3.89. The molecule has 1 aliphatic heterocycles. The van der Waals surface area contributed by atoms with Crippen molar-refractivity contribution in [1.29, 1.82) is 0 Å². The zero-order valence-electron chi connectivity index (χ0n) is 18.8. The average molecular weight is 444 g/mol. The zero-order chi connectivity index (χ0) is 23.0. The molecule has 0 aromatic heterocycles. The number of rotatable bonds is 7. The molecule has 0 aliphatic carbocycles. The van der Waals surface area contributed by atoms with Gasteiger partial charge in [-0.2, -0.15) is 0 Å². The van der Waals surface area contributed by atoms with E-state index in [0.29, 0.717) is 18.8 Å². The van der Waals surface area contributed by atoms with Gasteiger partial charge in [-0.15, -0.1) is 0 Å². The maximum Gasteiger partial charge on any atom is 0.261 e. The van der Waals surface area contributed by atoms with E-state index in [0.717, 1.165) is 24.2 Å². The summed E-state index contributed by atoms with van der Waals surface area (Å²) >= 11 is 0. The van der Waals surface area contributed by atoms with Gasteiger partial charge in [0, 0.05) is 31.9 Å². The monoisotopic (exact) mass is 443 g/mol. The third-order valence-corrected chi connectivity index (χ3v) is 5.81. The number of benzene rings is 3. The lowest BCUT2D eigenvalue weighted by molar-refractivity contribution is -0.134. The highest BCUT2D eigenvalue weighted by molar-refractivity contribution is 5.87. The number of ether oxygens (including phenoxy) is 1. The summed E-state index contributed by atoms with van der Waals surface area (Å²) in [6.07, 6.45) is -0.699. The van der Waals surface area contributed by atoms with Crippen molar-refractivity contribution in [3.8, 4) is 16.9 Å². The maximum absolute atomic E-state index is 12.6. The van der Waals surface area contributed by atoms with Crippen LogP contribution in [-0.4, -0.2) is 55.5 Å². The van der Waals surface area contributed by atoms with Gasteiger partial charge in [-0.05, 0) is 42.3 Å². The SMILES string of the molecule is CC(Oc1ccc(-c2ccccc2)cc1)C(=O)NCC(=O)N1CCN(c2ccccc2)CC1. The van der Waals surface area contributed by atoms with Gasteiger partial charge in [-0.3, -0.25) is 9.59 Å². The molecule has 1 atom stereocenters. The minimum Gasteiger partial charge on any atom is -0.481 e. The zero-order valence-corrected chi connectivity index (χ0v) is 18.8. The summed E-state index contributed by atoms with van der Waals surface area (Å²) in [5.41, 5.74) is 3.37. The number of nitrogens with zero attached hydrogens (tertiary/aromatic N) is 2. The molecule has 1 N–H and O–H groups in total. The smallest absolute Gasteiger partial charge is 0.261 e. The molecule has 0 saturated carbocycles. The molecule has 2 amide bonds. The normalized spacial score (nSPS) is 14.5. The molecule has 0 spiro atoms. The number of anilines is 1. The van der Waals surface area contributed by atoms with Crippen molar-refractivity contribution < 1.29 is 14.3 Å².